The summed E-state index contributed by atoms with van der Waals surface area (Å²) in [7, 11) is 0. The molecule has 1 atom stereocenters. The van der Waals surface area contributed by atoms with Gasteiger partial charge in [0.2, 0.25) is 0 Å². The second-order valence-electron chi connectivity index (χ2n) is 4.31. The normalized spacial score (nSPS) is 19.1. The minimum absolute atomic E-state index is 0.0583. The lowest BCUT2D eigenvalue weighted by atomic mass is 9.96. The molecular formula is C12H13FN4. The molecule has 1 aromatic heterocycles. The molecule has 1 unspecified atom stereocenters. The highest BCUT2D eigenvalue weighted by Crippen LogP contribution is 2.28. The summed E-state index contributed by atoms with van der Waals surface area (Å²) in [5, 5.41) is 8.20. The molecule has 1 aromatic carbocycles. The Hall–Kier alpha value is -1.75. The molecule has 0 radical (unpaired) electrons. The molecular weight excluding hydrogens is 219 g/mol. The SMILES string of the molecule is NC1CCCc2nnn(-c3cccc(F)c3)c21. The van der Waals surface area contributed by atoms with Crippen LogP contribution < -0.4 is 5.73 Å². The molecule has 1 heterocycles. The van der Waals surface area contributed by atoms with E-state index in [-0.39, 0.29) is 11.9 Å². The number of aromatic nitrogens is 3. The molecule has 1 aliphatic rings. The zero-order valence-electron chi connectivity index (χ0n) is 9.31. The molecule has 0 amide bonds. The van der Waals surface area contributed by atoms with E-state index < -0.39 is 0 Å². The maximum absolute atomic E-state index is 13.2. The molecule has 3 rings (SSSR count). The topological polar surface area (TPSA) is 56.7 Å². The van der Waals surface area contributed by atoms with Gasteiger partial charge in [0, 0.05) is 6.04 Å². The number of aryl methyl sites for hydroxylation is 1. The molecule has 1 aliphatic carbocycles. The van der Waals surface area contributed by atoms with E-state index in [4.69, 9.17) is 5.73 Å². The summed E-state index contributed by atoms with van der Waals surface area (Å²) < 4.78 is 14.9. The van der Waals surface area contributed by atoms with E-state index in [0.717, 1.165) is 30.7 Å². The van der Waals surface area contributed by atoms with Gasteiger partial charge in [-0.25, -0.2) is 9.07 Å². The summed E-state index contributed by atoms with van der Waals surface area (Å²) in [4.78, 5) is 0. The first kappa shape index (κ1) is 10.4. The lowest BCUT2D eigenvalue weighted by Gasteiger charge is -2.19. The molecule has 0 bridgehead atoms. The fourth-order valence-corrected chi connectivity index (χ4v) is 2.29. The van der Waals surface area contributed by atoms with Crippen LogP contribution in [0.3, 0.4) is 0 Å². The molecule has 17 heavy (non-hydrogen) atoms. The second kappa shape index (κ2) is 3.92. The van der Waals surface area contributed by atoms with Gasteiger partial charge in [-0.15, -0.1) is 5.10 Å². The third-order valence-electron chi connectivity index (χ3n) is 3.11. The van der Waals surface area contributed by atoms with Crippen molar-refractivity contribution in [3.63, 3.8) is 0 Å². The largest absolute Gasteiger partial charge is 0.323 e. The zero-order chi connectivity index (χ0) is 11.8. The number of benzene rings is 1. The van der Waals surface area contributed by atoms with E-state index in [1.807, 2.05) is 0 Å². The van der Waals surface area contributed by atoms with Gasteiger partial charge in [0.15, 0.2) is 0 Å². The van der Waals surface area contributed by atoms with Gasteiger partial charge in [-0.05, 0) is 37.5 Å². The van der Waals surface area contributed by atoms with E-state index in [2.05, 4.69) is 10.3 Å². The van der Waals surface area contributed by atoms with Crippen molar-refractivity contribution in [1.82, 2.24) is 15.0 Å². The van der Waals surface area contributed by atoms with Crippen molar-refractivity contribution < 1.29 is 4.39 Å². The van der Waals surface area contributed by atoms with Gasteiger partial charge in [-0.2, -0.15) is 0 Å². The first-order chi connectivity index (χ1) is 8.25. The summed E-state index contributed by atoms with van der Waals surface area (Å²) in [6, 6.07) is 6.26. The standard InChI is InChI=1S/C12H13FN4/c13-8-3-1-4-9(7-8)17-12-10(14)5-2-6-11(12)15-16-17/h1,3-4,7,10H,2,5-6,14H2. The number of nitrogens with zero attached hydrogens (tertiary/aromatic N) is 3. The van der Waals surface area contributed by atoms with E-state index in [1.165, 1.54) is 12.1 Å². The van der Waals surface area contributed by atoms with Gasteiger partial charge in [-0.3, -0.25) is 0 Å². The van der Waals surface area contributed by atoms with Crippen LogP contribution in [-0.4, -0.2) is 15.0 Å². The van der Waals surface area contributed by atoms with E-state index >= 15 is 0 Å². The van der Waals surface area contributed by atoms with Crippen molar-refractivity contribution in [3.8, 4) is 5.69 Å². The first-order valence-corrected chi connectivity index (χ1v) is 5.71. The molecule has 0 fully saturated rings. The number of rotatable bonds is 1. The Balaban J connectivity index is 2.13. The molecule has 5 heteroatoms. The van der Waals surface area contributed by atoms with Crippen molar-refractivity contribution >= 4 is 0 Å². The molecule has 4 nitrogen and oxygen atoms in total. The van der Waals surface area contributed by atoms with Gasteiger partial charge in [0.1, 0.15) is 5.82 Å². The lowest BCUT2D eigenvalue weighted by molar-refractivity contribution is 0.540. The summed E-state index contributed by atoms with van der Waals surface area (Å²) in [6.07, 6.45) is 2.87. The highest BCUT2D eigenvalue weighted by molar-refractivity contribution is 5.35. The molecule has 2 aromatic rings. The summed E-state index contributed by atoms with van der Waals surface area (Å²) in [6.45, 7) is 0. The summed E-state index contributed by atoms with van der Waals surface area (Å²) >= 11 is 0. The van der Waals surface area contributed by atoms with Crippen LogP contribution >= 0.6 is 0 Å². The number of hydrogen-bond acceptors (Lipinski definition) is 3. The van der Waals surface area contributed by atoms with Crippen LogP contribution in [0, 0.1) is 5.82 Å². The monoisotopic (exact) mass is 232 g/mol. The average Bonchev–Trinajstić information content (AvgIpc) is 2.74. The van der Waals surface area contributed by atoms with Crippen molar-refractivity contribution in [2.24, 2.45) is 5.73 Å². The molecule has 88 valence electrons. The van der Waals surface area contributed by atoms with Gasteiger partial charge in [0.05, 0.1) is 17.1 Å². The van der Waals surface area contributed by atoms with Crippen LogP contribution in [0.15, 0.2) is 24.3 Å². The van der Waals surface area contributed by atoms with Gasteiger partial charge in [-0.1, -0.05) is 11.3 Å². The molecule has 0 saturated carbocycles. The molecule has 2 N–H and O–H groups in total. The van der Waals surface area contributed by atoms with Crippen molar-refractivity contribution in [2.45, 2.75) is 25.3 Å². The van der Waals surface area contributed by atoms with Gasteiger partial charge >= 0.3 is 0 Å². The minimum atomic E-state index is -0.281. The van der Waals surface area contributed by atoms with Crippen molar-refractivity contribution in [2.75, 3.05) is 0 Å². The second-order valence-corrected chi connectivity index (χ2v) is 4.31. The van der Waals surface area contributed by atoms with Crippen LogP contribution in [0.25, 0.3) is 5.69 Å². The zero-order valence-corrected chi connectivity index (χ0v) is 9.31. The van der Waals surface area contributed by atoms with Crippen LogP contribution in [-0.2, 0) is 6.42 Å². The number of nitrogens with two attached hydrogens (primary N) is 1. The third-order valence-corrected chi connectivity index (χ3v) is 3.11. The Morgan fingerprint density at radius 2 is 2.29 bits per heavy atom. The van der Waals surface area contributed by atoms with E-state index in [0.29, 0.717) is 5.69 Å². The van der Waals surface area contributed by atoms with Crippen molar-refractivity contribution in [3.05, 3.63) is 41.5 Å². The van der Waals surface area contributed by atoms with Crippen molar-refractivity contribution in [1.29, 1.82) is 0 Å². The Morgan fingerprint density at radius 3 is 3.12 bits per heavy atom. The van der Waals surface area contributed by atoms with E-state index in [9.17, 15) is 4.39 Å². The Bertz CT molecular complexity index is 549. The smallest absolute Gasteiger partial charge is 0.125 e. The molecule has 0 aliphatic heterocycles. The Morgan fingerprint density at radius 1 is 1.41 bits per heavy atom. The predicted octanol–water partition coefficient (Wildman–Crippen LogP) is 1.74. The van der Waals surface area contributed by atoms with Gasteiger partial charge < -0.3 is 5.73 Å². The maximum Gasteiger partial charge on any atom is 0.125 e. The quantitative estimate of drug-likeness (QED) is 0.814. The van der Waals surface area contributed by atoms with Crippen LogP contribution in [0.2, 0.25) is 0 Å². The first-order valence-electron chi connectivity index (χ1n) is 5.71. The van der Waals surface area contributed by atoms with E-state index in [1.54, 1.807) is 16.8 Å². The Labute approximate surface area is 98.2 Å². The number of fused-ring (bicyclic) bond motifs is 1. The highest BCUT2D eigenvalue weighted by Gasteiger charge is 2.24. The molecule has 0 spiro atoms. The maximum atomic E-state index is 13.2. The Kier molecular flexibility index (Phi) is 2.40. The van der Waals surface area contributed by atoms with Crippen LogP contribution in [0.1, 0.15) is 30.3 Å². The van der Waals surface area contributed by atoms with Gasteiger partial charge in [0.25, 0.3) is 0 Å². The fourth-order valence-electron chi connectivity index (χ4n) is 2.29. The molecule has 0 saturated heterocycles. The number of hydrogen-bond donors (Lipinski definition) is 1. The highest BCUT2D eigenvalue weighted by atomic mass is 19.1. The van der Waals surface area contributed by atoms with Crippen LogP contribution in [0.4, 0.5) is 4.39 Å². The lowest BCUT2D eigenvalue weighted by Crippen LogP contribution is -2.20. The minimum Gasteiger partial charge on any atom is -0.323 e. The number of halogens is 1. The third kappa shape index (κ3) is 1.72. The summed E-state index contributed by atoms with van der Waals surface area (Å²) in [5.74, 6) is -0.281. The fraction of sp³-hybridized carbons (Fsp3) is 0.333. The van der Waals surface area contributed by atoms with Crippen LogP contribution in [0.5, 0.6) is 0 Å². The predicted molar refractivity (Wildman–Crippen MR) is 61.2 cm³/mol. The summed E-state index contributed by atoms with van der Waals surface area (Å²) in [5.41, 5.74) is 8.61. The average molecular weight is 232 g/mol.